The molecule has 0 spiro atoms. The van der Waals surface area contributed by atoms with Crippen LogP contribution in [0.1, 0.15) is 33.6 Å². The van der Waals surface area contributed by atoms with Crippen LogP contribution < -0.4 is 0 Å². The summed E-state index contributed by atoms with van der Waals surface area (Å²) in [6.45, 7) is 7.63. The van der Waals surface area contributed by atoms with E-state index in [1.165, 1.54) is 0 Å². The van der Waals surface area contributed by atoms with Gasteiger partial charge < -0.3 is 4.74 Å². The first kappa shape index (κ1) is 13.2. The first-order chi connectivity index (χ1) is 7.83. The van der Waals surface area contributed by atoms with E-state index in [1.807, 2.05) is 18.7 Å². The van der Waals surface area contributed by atoms with Crippen molar-refractivity contribution in [1.29, 1.82) is 0 Å². The highest BCUT2D eigenvalue weighted by Crippen LogP contribution is 2.48. The lowest BCUT2D eigenvalue weighted by Crippen LogP contribution is -2.33. The monoisotopic (exact) mass is 247 g/mol. The third-order valence-corrected chi connectivity index (χ3v) is 3.93. The predicted octanol–water partition coefficient (Wildman–Crippen LogP) is 2.78. The van der Waals surface area contributed by atoms with Crippen molar-refractivity contribution in [2.24, 2.45) is 11.3 Å². The zero-order chi connectivity index (χ0) is 12.7. The first-order valence-electron chi connectivity index (χ1n) is 6.55. The largest absolute Gasteiger partial charge is 0.378 e. The van der Waals surface area contributed by atoms with Gasteiger partial charge in [-0.2, -0.15) is 0 Å². The Balaban J connectivity index is 1.82. The molecule has 1 saturated carbocycles. The van der Waals surface area contributed by atoms with Gasteiger partial charge in [-0.3, -0.25) is 4.90 Å². The summed E-state index contributed by atoms with van der Waals surface area (Å²) in [6, 6.07) is 0. The third-order valence-electron chi connectivity index (χ3n) is 3.93. The van der Waals surface area contributed by atoms with Crippen LogP contribution in [-0.2, 0) is 4.74 Å². The van der Waals surface area contributed by atoms with E-state index in [0.717, 1.165) is 26.0 Å². The molecule has 2 aliphatic rings. The zero-order valence-corrected chi connectivity index (χ0v) is 11.0. The summed E-state index contributed by atoms with van der Waals surface area (Å²) in [5.74, 6) is -3.01. The van der Waals surface area contributed by atoms with Crippen LogP contribution >= 0.6 is 0 Å². The molecule has 1 unspecified atom stereocenters. The van der Waals surface area contributed by atoms with Crippen LogP contribution in [0, 0.1) is 11.3 Å². The molecule has 2 nitrogen and oxygen atoms in total. The maximum absolute atomic E-state index is 13.4. The minimum absolute atomic E-state index is 0.0718. The van der Waals surface area contributed by atoms with Crippen LogP contribution in [0.15, 0.2) is 0 Å². The van der Waals surface area contributed by atoms with Gasteiger partial charge in [0.15, 0.2) is 0 Å². The fourth-order valence-electron chi connectivity index (χ4n) is 2.50. The second-order valence-electron chi connectivity index (χ2n) is 6.19. The van der Waals surface area contributed by atoms with E-state index in [1.54, 1.807) is 6.92 Å². The summed E-state index contributed by atoms with van der Waals surface area (Å²) in [5, 5.41) is 0. The number of rotatable bonds is 5. The summed E-state index contributed by atoms with van der Waals surface area (Å²) in [4.78, 5) is 1.92. The molecule has 100 valence electrons. The van der Waals surface area contributed by atoms with Gasteiger partial charge in [-0.05, 0) is 26.7 Å². The van der Waals surface area contributed by atoms with E-state index in [0.29, 0.717) is 6.54 Å². The number of alkyl halides is 2. The molecule has 4 heteroatoms. The van der Waals surface area contributed by atoms with E-state index in [-0.39, 0.29) is 18.1 Å². The molecule has 0 bridgehead atoms. The molecule has 0 N–H and O–H groups in total. The van der Waals surface area contributed by atoms with E-state index in [2.05, 4.69) is 0 Å². The van der Waals surface area contributed by atoms with Crippen molar-refractivity contribution < 1.29 is 13.5 Å². The Labute approximate surface area is 102 Å². The second-order valence-corrected chi connectivity index (χ2v) is 6.19. The van der Waals surface area contributed by atoms with E-state index in [9.17, 15) is 8.78 Å². The third kappa shape index (κ3) is 3.16. The molecule has 1 heterocycles. The number of nitrogens with zero attached hydrogens (tertiary/aromatic N) is 1. The quantitative estimate of drug-likeness (QED) is 0.740. The Morgan fingerprint density at radius 1 is 1.35 bits per heavy atom. The van der Waals surface area contributed by atoms with Crippen molar-refractivity contribution in [3.63, 3.8) is 0 Å². The molecular weight excluding hydrogens is 224 g/mol. The molecule has 0 aromatic rings. The minimum Gasteiger partial charge on any atom is -0.378 e. The normalized spacial score (nSPS) is 31.1. The summed E-state index contributed by atoms with van der Waals surface area (Å²) < 4.78 is 32.5. The van der Waals surface area contributed by atoms with Gasteiger partial charge in [0, 0.05) is 24.4 Å². The van der Waals surface area contributed by atoms with Crippen LogP contribution in [0.4, 0.5) is 8.78 Å². The predicted molar refractivity (Wildman–Crippen MR) is 63.3 cm³/mol. The number of hydrogen-bond donors (Lipinski definition) is 0. The molecule has 0 aromatic carbocycles. The van der Waals surface area contributed by atoms with Crippen LogP contribution in [0.2, 0.25) is 0 Å². The van der Waals surface area contributed by atoms with Crippen LogP contribution in [-0.4, -0.2) is 43.2 Å². The molecule has 1 aliphatic carbocycles. The summed E-state index contributed by atoms with van der Waals surface area (Å²) in [6.07, 6.45) is 2.47. The minimum atomic E-state index is -2.50. The zero-order valence-electron chi connectivity index (χ0n) is 11.0. The maximum atomic E-state index is 13.4. The Morgan fingerprint density at radius 2 is 2.00 bits per heavy atom. The van der Waals surface area contributed by atoms with Gasteiger partial charge in [0.2, 0.25) is 0 Å². The van der Waals surface area contributed by atoms with E-state index < -0.39 is 11.8 Å². The smallest absolute Gasteiger partial charge is 0.264 e. The van der Waals surface area contributed by atoms with Crippen LogP contribution in [0.5, 0.6) is 0 Å². The van der Waals surface area contributed by atoms with Crippen LogP contribution in [0.25, 0.3) is 0 Å². The molecule has 0 aromatic heterocycles. The van der Waals surface area contributed by atoms with Crippen molar-refractivity contribution in [1.82, 2.24) is 4.90 Å². The molecule has 0 radical (unpaired) electrons. The van der Waals surface area contributed by atoms with Gasteiger partial charge in [0.05, 0.1) is 19.3 Å². The van der Waals surface area contributed by atoms with Crippen molar-refractivity contribution in [3.05, 3.63) is 0 Å². The molecule has 2 fully saturated rings. The molecule has 1 saturated heterocycles. The lowest BCUT2D eigenvalue weighted by Gasteiger charge is -2.23. The topological polar surface area (TPSA) is 12.5 Å². The standard InChI is InChI=1S/C13H23F2NO/c1-10(2)17-9-12(4-5-12)7-16-6-11(3)13(14,15)8-16/h10-11H,4-9H2,1-3H3. The second kappa shape index (κ2) is 4.47. The molecule has 2 rings (SSSR count). The molecular formula is C13H23F2NO. The number of hydrogen-bond acceptors (Lipinski definition) is 2. The average Bonchev–Trinajstić information content (AvgIpc) is 2.89. The number of likely N-dealkylation sites (tertiary alicyclic amines) is 1. The molecule has 1 atom stereocenters. The van der Waals surface area contributed by atoms with Gasteiger partial charge in [-0.25, -0.2) is 8.78 Å². The van der Waals surface area contributed by atoms with Gasteiger partial charge in [0.1, 0.15) is 0 Å². The van der Waals surface area contributed by atoms with Gasteiger partial charge in [0.25, 0.3) is 5.92 Å². The van der Waals surface area contributed by atoms with Crippen molar-refractivity contribution in [2.75, 3.05) is 26.2 Å². The first-order valence-corrected chi connectivity index (χ1v) is 6.55. The van der Waals surface area contributed by atoms with Gasteiger partial charge in [-0.15, -0.1) is 0 Å². The van der Waals surface area contributed by atoms with Crippen LogP contribution in [0.3, 0.4) is 0 Å². The van der Waals surface area contributed by atoms with Crippen molar-refractivity contribution >= 4 is 0 Å². The Hall–Kier alpha value is -0.220. The number of ether oxygens (including phenoxy) is 1. The Bertz CT molecular complexity index is 277. The summed E-state index contributed by atoms with van der Waals surface area (Å²) in [7, 11) is 0. The lowest BCUT2D eigenvalue weighted by atomic mass is 10.1. The SMILES string of the molecule is CC(C)OCC1(CN2CC(C)C(F)(F)C2)CC1. The fraction of sp³-hybridized carbons (Fsp3) is 1.00. The highest BCUT2D eigenvalue weighted by Gasteiger charge is 2.50. The molecule has 1 aliphatic heterocycles. The lowest BCUT2D eigenvalue weighted by molar-refractivity contribution is -0.0238. The van der Waals surface area contributed by atoms with E-state index in [4.69, 9.17) is 4.74 Å². The Morgan fingerprint density at radius 3 is 2.41 bits per heavy atom. The summed E-state index contributed by atoms with van der Waals surface area (Å²) >= 11 is 0. The Kier molecular flexibility index (Phi) is 3.47. The van der Waals surface area contributed by atoms with Crippen molar-refractivity contribution in [2.45, 2.75) is 45.6 Å². The molecule has 0 amide bonds. The fourth-order valence-corrected chi connectivity index (χ4v) is 2.50. The van der Waals surface area contributed by atoms with Gasteiger partial charge in [-0.1, -0.05) is 6.92 Å². The highest BCUT2D eigenvalue weighted by atomic mass is 19.3. The van der Waals surface area contributed by atoms with Gasteiger partial charge >= 0.3 is 0 Å². The highest BCUT2D eigenvalue weighted by molar-refractivity contribution is 4.99. The average molecular weight is 247 g/mol. The number of halogens is 2. The van der Waals surface area contributed by atoms with Crippen molar-refractivity contribution in [3.8, 4) is 0 Å². The summed E-state index contributed by atoms with van der Waals surface area (Å²) in [5.41, 5.74) is 0.171. The molecule has 17 heavy (non-hydrogen) atoms. The maximum Gasteiger partial charge on any atom is 0.264 e. The van der Waals surface area contributed by atoms with E-state index >= 15 is 0 Å².